The molecule has 3 rings (SSSR count). The third-order valence-corrected chi connectivity index (χ3v) is 6.04. The smallest absolute Gasteiger partial charge is 0.259 e. The lowest BCUT2D eigenvalue weighted by Crippen LogP contribution is -2.14. The molecule has 156 valence electrons. The van der Waals surface area contributed by atoms with Gasteiger partial charge in [-0.2, -0.15) is 0 Å². The standard InChI is InChI=1S/C19H17ClN4O4S2/c1-27-14-8-7-11(9-15(14)28-2)21-16(25)10-29-19-24-23-18(30-19)22-17(26)12-5-3-4-6-13(12)20/h3-9H,10H2,1-2H3,(H,21,25)(H,22,23,26). The molecule has 2 aromatic carbocycles. The molecular weight excluding hydrogens is 448 g/mol. The second-order valence-electron chi connectivity index (χ2n) is 5.71. The molecule has 0 unspecified atom stereocenters. The lowest BCUT2D eigenvalue weighted by molar-refractivity contribution is -0.113. The number of anilines is 2. The highest BCUT2D eigenvalue weighted by atomic mass is 35.5. The molecular formula is C19H17ClN4O4S2. The predicted molar refractivity (Wildman–Crippen MR) is 118 cm³/mol. The number of halogens is 1. The summed E-state index contributed by atoms with van der Waals surface area (Å²) < 4.78 is 10.9. The number of hydrogen-bond acceptors (Lipinski definition) is 8. The fourth-order valence-corrected chi connectivity index (χ4v) is 4.14. The van der Waals surface area contributed by atoms with Gasteiger partial charge in [0.2, 0.25) is 11.0 Å². The zero-order chi connectivity index (χ0) is 21.5. The van der Waals surface area contributed by atoms with E-state index < -0.39 is 0 Å². The van der Waals surface area contributed by atoms with Crippen LogP contribution in [0, 0.1) is 0 Å². The fraction of sp³-hybridized carbons (Fsp3) is 0.158. The van der Waals surface area contributed by atoms with Gasteiger partial charge in [-0.25, -0.2) is 0 Å². The van der Waals surface area contributed by atoms with Gasteiger partial charge in [0.05, 0.1) is 30.6 Å². The van der Waals surface area contributed by atoms with Gasteiger partial charge in [-0.15, -0.1) is 10.2 Å². The second kappa shape index (κ2) is 10.3. The van der Waals surface area contributed by atoms with E-state index in [9.17, 15) is 9.59 Å². The lowest BCUT2D eigenvalue weighted by Gasteiger charge is -2.10. The molecule has 0 saturated carbocycles. The van der Waals surface area contributed by atoms with Gasteiger partial charge >= 0.3 is 0 Å². The van der Waals surface area contributed by atoms with Crippen LogP contribution >= 0.6 is 34.7 Å². The summed E-state index contributed by atoms with van der Waals surface area (Å²) in [6, 6.07) is 11.8. The van der Waals surface area contributed by atoms with E-state index in [4.69, 9.17) is 21.1 Å². The molecule has 1 heterocycles. The maximum atomic E-state index is 12.3. The number of ether oxygens (including phenoxy) is 2. The van der Waals surface area contributed by atoms with Crippen molar-refractivity contribution < 1.29 is 19.1 Å². The van der Waals surface area contributed by atoms with E-state index in [-0.39, 0.29) is 17.6 Å². The number of nitrogens with one attached hydrogen (secondary N) is 2. The quantitative estimate of drug-likeness (QED) is 0.380. The first-order valence-corrected chi connectivity index (χ1v) is 10.7. The van der Waals surface area contributed by atoms with Crippen molar-refractivity contribution in [1.82, 2.24) is 10.2 Å². The van der Waals surface area contributed by atoms with Crippen LogP contribution in [0.5, 0.6) is 11.5 Å². The summed E-state index contributed by atoms with van der Waals surface area (Å²) in [5, 5.41) is 14.0. The summed E-state index contributed by atoms with van der Waals surface area (Å²) in [5.41, 5.74) is 0.932. The van der Waals surface area contributed by atoms with E-state index in [1.54, 1.807) is 49.6 Å². The van der Waals surface area contributed by atoms with Crippen molar-refractivity contribution in [2.75, 3.05) is 30.6 Å². The molecule has 8 nitrogen and oxygen atoms in total. The molecule has 1 aromatic heterocycles. The number of carbonyl (C=O) groups is 2. The van der Waals surface area contributed by atoms with E-state index in [0.29, 0.717) is 37.2 Å². The van der Waals surface area contributed by atoms with Gasteiger partial charge in [0.25, 0.3) is 5.91 Å². The third kappa shape index (κ3) is 5.62. The average Bonchev–Trinajstić information content (AvgIpc) is 3.19. The number of carbonyl (C=O) groups excluding carboxylic acids is 2. The van der Waals surface area contributed by atoms with E-state index in [2.05, 4.69) is 20.8 Å². The van der Waals surface area contributed by atoms with Gasteiger partial charge in [-0.05, 0) is 24.3 Å². The van der Waals surface area contributed by atoms with Gasteiger partial charge in [0.15, 0.2) is 15.8 Å². The number of hydrogen-bond donors (Lipinski definition) is 2. The highest BCUT2D eigenvalue weighted by molar-refractivity contribution is 8.01. The number of benzene rings is 2. The van der Waals surface area contributed by atoms with Gasteiger partial charge in [-0.3, -0.25) is 14.9 Å². The molecule has 0 atom stereocenters. The molecule has 0 aliphatic rings. The molecule has 0 aliphatic heterocycles. The van der Waals surface area contributed by atoms with Crippen molar-refractivity contribution in [3.05, 3.63) is 53.1 Å². The summed E-state index contributed by atoms with van der Waals surface area (Å²) in [6.07, 6.45) is 0. The van der Waals surface area contributed by atoms with Crippen LogP contribution in [0.2, 0.25) is 5.02 Å². The summed E-state index contributed by atoms with van der Waals surface area (Å²) >= 11 is 8.40. The van der Waals surface area contributed by atoms with Gasteiger partial charge in [-0.1, -0.05) is 46.8 Å². The molecule has 0 bridgehead atoms. The van der Waals surface area contributed by atoms with Crippen molar-refractivity contribution in [3.63, 3.8) is 0 Å². The highest BCUT2D eigenvalue weighted by Gasteiger charge is 2.14. The topological polar surface area (TPSA) is 102 Å². The SMILES string of the molecule is COc1ccc(NC(=O)CSc2nnc(NC(=O)c3ccccc3Cl)s2)cc1OC. The molecule has 30 heavy (non-hydrogen) atoms. The maximum absolute atomic E-state index is 12.3. The predicted octanol–water partition coefficient (Wildman–Crippen LogP) is 4.19. The number of thioether (sulfide) groups is 1. The first-order chi connectivity index (χ1) is 14.5. The molecule has 0 saturated heterocycles. The Morgan fingerprint density at radius 2 is 1.83 bits per heavy atom. The Kier molecular flexibility index (Phi) is 7.50. The molecule has 2 amide bonds. The van der Waals surface area contributed by atoms with Crippen LogP contribution in [0.15, 0.2) is 46.8 Å². The summed E-state index contributed by atoms with van der Waals surface area (Å²) in [6.45, 7) is 0. The monoisotopic (exact) mass is 464 g/mol. The molecule has 3 aromatic rings. The van der Waals surface area contributed by atoms with Gasteiger partial charge in [0.1, 0.15) is 0 Å². The van der Waals surface area contributed by atoms with Crippen LogP contribution in [-0.4, -0.2) is 42.0 Å². The summed E-state index contributed by atoms with van der Waals surface area (Å²) in [4.78, 5) is 24.5. The Labute approximate surface area is 185 Å². The largest absolute Gasteiger partial charge is 0.493 e. The summed E-state index contributed by atoms with van der Waals surface area (Å²) in [7, 11) is 3.07. The number of nitrogens with zero attached hydrogens (tertiary/aromatic N) is 2. The normalized spacial score (nSPS) is 10.4. The van der Waals surface area contributed by atoms with Crippen molar-refractivity contribution in [2.24, 2.45) is 0 Å². The van der Waals surface area contributed by atoms with Crippen molar-refractivity contribution in [1.29, 1.82) is 0 Å². The number of rotatable bonds is 8. The Bertz CT molecular complexity index is 1060. The minimum atomic E-state index is -0.375. The number of amides is 2. The van der Waals surface area contributed by atoms with Crippen molar-refractivity contribution in [2.45, 2.75) is 4.34 Å². The second-order valence-corrected chi connectivity index (χ2v) is 8.32. The minimum absolute atomic E-state index is 0.126. The van der Waals surface area contributed by atoms with E-state index in [1.807, 2.05) is 0 Å². The molecule has 0 spiro atoms. The Morgan fingerprint density at radius 1 is 1.07 bits per heavy atom. The lowest BCUT2D eigenvalue weighted by atomic mass is 10.2. The minimum Gasteiger partial charge on any atom is -0.493 e. The van der Waals surface area contributed by atoms with Crippen LogP contribution in [0.3, 0.4) is 0 Å². The molecule has 0 radical (unpaired) electrons. The van der Waals surface area contributed by atoms with Gasteiger partial charge in [0, 0.05) is 11.8 Å². The van der Waals surface area contributed by atoms with E-state index in [0.717, 1.165) is 0 Å². The van der Waals surface area contributed by atoms with Crippen LogP contribution in [-0.2, 0) is 4.79 Å². The number of aromatic nitrogens is 2. The third-order valence-electron chi connectivity index (χ3n) is 3.74. The van der Waals surface area contributed by atoms with E-state index >= 15 is 0 Å². The molecule has 2 N–H and O–H groups in total. The Morgan fingerprint density at radius 3 is 2.57 bits per heavy atom. The maximum Gasteiger partial charge on any atom is 0.259 e. The van der Waals surface area contributed by atoms with E-state index in [1.165, 1.54) is 30.2 Å². The fourth-order valence-electron chi connectivity index (χ4n) is 2.37. The van der Waals surface area contributed by atoms with Crippen LogP contribution in [0.4, 0.5) is 10.8 Å². The number of methoxy groups -OCH3 is 2. The Hall–Kier alpha value is -2.82. The Balaban J connectivity index is 1.53. The average molecular weight is 465 g/mol. The van der Waals surface area contributed by atoms with Crippen molar-refractivity contribution in [3.8, 4) is 11.5 Å². The highest BCUT2D eigenvalue weighted by Crippen LogP contribution is 2.30. The van der Waals surface area contributed by atoms with Crippen molar-refractivity contribution >= 4 is 57.3 Å². The van der Waals surface area contributed by atoms with Crippen LogP contribution < -0.4 is 20.1 Å². The molecule has 11 heteroatoms. The summed E-state index contributed by atoms with van der Waals surface area (Å²) in [5.74, 6) is 0.626. The van der Waals surface area contributed by atoms with Crippen LogP contribution in [0.1, 0.15) is 10.4 Å². The first kappa shape index (κ1) is 21.9. The van der Waals surface area contributed by atoms with Crippen LogP contribution in [0.25, 0.3) is 0 Å². The molecule has 0 aliphatic carbocycles. The first-order valence-electron chi connectivity index (χ1n) is 8.54. The zero-order valence-corrected chi connectivity index (χ0v) is 18.4. The molecule has 0 fully saturated rings. The van der Waals surface area contributed by atoms with Gasteiger partial charge < -0.3 is 14.8 Å². The zero-order valence-electron chi connectivity index (χ0n) is 16.0.